The van der Waals surface area contributed by atoms with Crippen LogP contribution in [0.4, 0.5) is 0 Å². The molecule has 0 saturated carbocycles. The largest absolute Gasteiger partial charge is 0.385 e. The summed E-state index contributed by atoms with van der Waals surface area (Å²) < 4.78 is 1.93. The first kappa shape index (κ1) is 17.6. The van der Waals surface area contributed by atoms with E-state index < -0.39 is 6.10 Å². The van der Waals surface area contributed by atoms with Crippen LogP contribution in [0.5, 0.6) is 0 Å². The van der Waals surface area contributed by atoms with Gasteiger partial charge in [-0.2, -0.15) is 0 Å². The van der Waals surface area contributed by atoms with Gasteiger partial charge in [0.25, 0.3) is 0 Å². The number of imidazole rings is 1. The van der Waals surface area contributed by atoms with Crippen molar-refractivity contribution in [3.05, 3.63) is 40.1 Å². The van der Waals surface area contributed by atoms with E-state index >= 15 is 0 Å². The molecule has 1 saturated heterocycles. The Morgan fingerprint density at radius 1 is 1.29 bits per heavy atom. The average molecular weight is 348 g/mol. The minimum absolute atomic E-state index is 0.238. The zero-order chi connectivity index (χ0) is 17.3. The summed E-state index contributed by atoms with van der Waals surface area (Å²) >= 11 is 1.94. The molecule has 1 aliphatic rings. The molecule has 4 nitrogen and oxygen atoms in total. The number of thiophene rings is 1. The van der Waals surface area contributed by atoms with Gasteiger partial charge in [0, 0.05) is 35.7 Å². The number of rotatable bonds is 4. The quantitative estimate of drug-likeness (QED) is 0.916. The predicted molar refractivity (Wildman–Crippen MR) is 99.2 cm³/mol. The molecule has 24 heavy (non-hydrogen) atoms. The van der Waals surface area contributed by atoms with E-state index in [-0.39, 0.29) is 5.41 Å². The Bertz CT molecular complexity index is 662. The monoisotopic (exact) mass is 347 g/mol. The number of piperidine rings is 1. The molecular formula is C19H29N3OS. The molecule has 0 spiro atoms. The molecule has 1 fully saturated rings. The highest BCUT2D eigenvalue weighted by Crippen LogP contribution is 2.33. The van der Waals surface area contributed by atoms with Crippen molar-refractivity contribution in [1.29, 1.82) is 0 Å². The van der Waals surface area contributed by atoms with Crippen LogP contribution in [0, 0.1) is 5.92 Å². The lowest BCUT2D eigenvalue weighted by Gasteiger charge is -2.33. The van der Waals surface area contributed by atoms with Gasteiger partial charge in [-0.25, -0.2) is 4.98 Å². The molecule has 3 rings (SSSR count). The number of likely N-dealkylation sites (tertiary alicyclic amines) is 1. The van der Waals surface area contributed by atoms with Gasteiger partial charge in [-0.1, -0.05) is 20.8 Å². The number of aliphatic hydroxyl groups excluding tert-OH is 1. The van der Waals surface area contributed by atoms with Crippen LogP contribution in [-0.2, 0) is 19.0 Å². The second-order valence-corrected chi connectivity index (χ2v) is 9.14. The van der Waals surface area contributed by atoms with E-state index in [1.165, 1.54) is 9.75 Å². The van der Waals surface area contributed by atoms with Gasteiger partial charge < -0.3 is 9.67 Å². The van der Waals surface area contributed by atoms with E-state index in [9.17, 15) is 5.11 Å². The van der Waals surface area contributed by atoms with E-state index in [2.05, 4.69) is 42.8 Å². The first-order valence-corrected chi connectivity index (χ1v) is 9.63. The van der Waals surface area contributed by atoms with Crippen LogP contribution in [0.15, 0.2) is 24.5 Å². The summed E-state index contributed by atoms with van der Waals surface area (Å²) in [4.78, 5) is 9.72. The van der Waals surface area contributed by atoms with Gasteiger partial charge in [-0.15, -0.1) is 11.3 Å². The Kier molecular flexibility index (Phi) is 5.13. The third-order valence-corrected chi connectivity index (χ3v) is 6.48. The standard InChI is InChI=1S/C19H29N3OS/c1-19(2,3)16-6-5-15(24-16)13-22-10-7-14(8-11-22)17(23)18-20-9-12-21(18)4/h5-6,9,12,14,17,23H,7-8,10-11,13H2,1-4H3/t17-/m1/s1. The number of nitrogens with zero attached hydrogens (tertiary/aromatic N) is 3. The Hall–Kier alpha value is -1.17. The van der Waals surface area contributed by atoms with Gasteiger partial charge in [0.1, 0.15) is 11.9 Å². The molecule has 1 N–H and O–H groups in total. The lowest BCUT2D eigenvalue weighted by molar-refractivity contribution is 0.0494. The van der Waals surface area contributed by atoms with Gasteiger partial charge in [-0.3, -0.25) is 4.90 Å². The second kappa shape index (κ2) is 6.98. The maximum absolute atomic E-state index is 10.6. The highest BCUT2D eigenvalue weighted by atomic mass is 32.1. The van der Waals surface area contributed by atoms with E-state index in [0.717, 1.165) is 38.3 Å². The van der Waals surface area contributed by atoms with Crippen LogP contribution in [0.25, 0.3) is 0 Å². The smallest absolute Gasteiger partial charge is 0.137 e. The third-order valence-electron chi connectivity index (χ3n) is 4.98. The normalized spacial score (nSPS) is 18.9. The molecule has 2 aromatic heterocycles. The summed E-state index contributed by atoms with van der Waals surface area (Å²) in [6.07, 6.45) is 5.28. The Morgan fingerprint density at radius 2 is 2.00 bits per heavy atom. The van der Waals surface area contributed by atoms with Gasteiger partial charge in [0.2, 0.25) is 0 Å². The minimum atomic E-state index is -0.443. The molecule has 0 unspecified atom stereocenters. The maximum atomic E-state index is 10.6. The molecule has 3 heterocycles. The first-order chi connectivity index (χ1) is 11.3. The molecule has 132 valence electrons. The lowest BCUT2D eigenvalue weighted by atomic mass is 9.90. The molecule has 1 aliphatic heterocycles. The topological polar surface area (TPSA) is 41.3 Å². The van der Waals surface area contributed by atoms with Crippen molar-refractivity contribution >= 4 is 11.3 Å². The van der Waals surface area contributed by atoms with Gasteiger partial charge in [-0.05, 0) is 49.4 Å². The summed E-state index contributed by atoms with van der Waals surface area (Å²) in [5, 5.41) is 10.6. The predicted octanol–water partition coefficient (Wildman–Crippen LogP) is 3.72. The second-order valence-electron chi connectivity index (χ2n) is 7.97. The summed E-state index contributed by atoms with van der Waals surface area (Å²) in [5.41, 5.74) is 0.238. The van der Waals surface area contributed by atoms with E-state index in [0.29, 0.717) is 5.92 Å². The molecule has 1 atom stereocenters. The Morgan fingerprint density at radius 3 is 2.54 bits per heavy atom. The van der Waals surface area contributed by atoms with Crippen LogP contribution in [0.1, 0.15) is 55.3 Å². The molecule has 0 aromatic carbocycles. The van der Waals surface area contributed by atoms with Crippen LogP contribution >= 0.6 is 11.3 Å². The minimum Gasteiger partial charge on any atom is -0.385 e. The molecule has 0 radical (unpaired) electrons. The summed E-state index contributed by atoms with van der Waals surface area (Å²) in [7, 11) is 1.95. The van der Waals surface area contributed by atoms with Crippen molar-refractivity contribution in [3.63, 3.8) is 0 Å². The zero-order valence-electron chi connectivity index (χ0n) is 15.2. The average Bonchev–Trinajstić information content (AvgIpc) is 3.16. The molecular weight excluding hydrogens is 318 g/mol. The van der Waals surface area contributed by atoms with Gasteiger partial charge in [0.05, 0.1) is 0 Å². The first-order valence-electron chi connectivity index (χ1n) is 8.81. The highest BCUT2D eigenvalue weighted by Gasteiger charge is 2.28. The number of aromatic nitrogens is 2. The number of hydrogen-bond acceptors (Lipinski definition) is 4. The fourth-order valence-electron chi connectivity index (χ4n) is 3.39. The van der Waals surface area contributed by atoms with E-state index in [4.69, 9.17) is 0 Å². The van der Waals surface area contributed by atoms with Crippen LogP contribution < -0.4 is 0 Å². The van der Waals surface area contributed by atoms with Gasteiger partial charge >= 0.3 is 0 Å². The molecule has 2 aromatic rings. The Labute approximate surface area is 149 Å². The third kappa shape index (κ3) is 3.90. The van der Waals surface area contributed by atoms with Crippen molar-refractivity contribution in [3.8, 4) is 0 Å². The van der Waals surface area contributed by atoms with Crippen molar-refractivity contribution in [1.82, 2.24) is 14.5 Å². The highest BCUT2D eigenvalue weighted by molar-refractivity contribution is 7.12. The number of hydrogen-bond donors (Lipinski definition) is 1. The van der Waals surface area contributed by atoms with Crippen molar-refractivity contribution < 1.29 is 5.11 Å². The van der Waals surface area contributed by atoms with Crippen LogP contribution in [0.3, 0.4) is 0 Å². The summed E-state index contributed by atoms with van der Waals surface area (Å²) in [5.74, 6) is 1.11. The fourth-order valence-corrected chi connectivity index (χ4v) is 4.49. The lowest BCUT2D eigenvalue weighted by Crippen LogP contribution is -2.35. The van der Waals surface area contributed by atoms with E-state index in [1.807, 2.05) is 29.1 Å². The maximum Gasteiger partial charge on any atom is 0.137 e. The number of aryl methyl sites for hydroxylation is 1. The molecule has 0 aliphatic carbocycles. The van der Waals surface area contributed by atoms with Crippen LogP contribution in [-0.4, -0.2) is 32.6 Å². The molecule has 0 amide bonds. The molecule has 0 bridgehead atoms. The SMILES string of the molecule is Cn1ccnc1[C@H](O)C1CCN(Cc2ccc(C(C)(C)C)s2)CC1. The number of aliphatic hydroxyl groups is 1. The summed E-state index contributed by atoms with van der Waals surface area (Å²) in [6.45, 7) is 9.95. The Balaban J connectivity index is 1.54. The summed E-state index contributed by atoms with van der Waals surface area (Å²) in [6, 6.07) is 4.55. The van der Waals surface area contributed by atoms with Crippen molar-refractivity contribution in [2.24, 2.45) is 13.0 Å². The van der Waals surface area contributed by atoms with Gasteiger partial charge in [0.15, 0.2) is 0 Å². The molecule has 5 heteroatoms. The van der Waals surface area contributed by atoms with Crippen molar-refractivity contribution in [2.75, 3.05) is 13.1 Å². The fraction of sp³-hybridized carbons (Fsp3) is 0.632. The van der Waals surface area contributed by atoms with Crippen molar-refractivity contribution in [2.45, 2.75) is 51.7 Å². The van der Waals surface area contributed by atoms with Crippen LogP contribution in [0.2, 0.25) is 0 Å². The van der Waals surface area contributed by atoms with E-state index in [1.54, 1.807) is 6.20 Å². The zero-order valence-corrected chi connectivity index (χ0v) is 16.0.